The van der Waals surface area contributed by atoms with Crippen molar-refractivity contribution >= 4 is 21.8 Å². The van der Waals surface area contributed by atoms with Crippen LogP contribution in [0.2, 0.25) is 0 Å². The summed E-state index contributed by atoms with van der Waals surface area (Å²) >= 11 is 3.43. The van der Waals surface area contributed by atoms with Gasteiger partial charge in [0.2, 0.25) is 0 Å². The van der Waals surface area contributed by atoms with E-state index in [-0.39, 0.29) is 5.91 Å². The van der Waals surface area contributed by atoms with E-state index in [9.17, 15) is 4.79 Å². The largest absolute Gasteiger partial charge is 0.496 e. The zero-order valence-corrected chi connectivity index (χ0v) is 15.3. The fourth-order valence-corrected chi connectivity index (χ4v) is 3.33. The predicted octanol–water partition coefficient (Wildman–Crippen LogP) is 3.42. The summed E-state index contributed by atoms with van der Waals surface area (Å²) in [6.07, 6.45) is 0. The lowest BCUT2D eigenvalue weighted by Gasteiger charge is -2.35. The van der Waals surface area contributed by atoms with Crippen molar-refractivity contribution in [1.29, 1.82) is 0 Å². The van der Waals surface area contributed by atoms with Gasteiger partial charge in [0.25, 0.3) is 5.91 Å². The van der Waals surface area contributed by atoms with Gasteiger partial charge in [0.1, 0.15) is 5.75 Å². The fourth-order valence-electron chi connectivity index (χ4n) is 2.97. The highest BCUT2D eigenvalue weighted by Crippen LogP contribution is 2.25. The highest BCUT2D eigenvalue weighted by Gasteiger charge is 2.24. The minimum atomic E-state index is 0.0347. The van der Waals surface area contributed by atoms with Crippen molar-refractivity contribution in [3.63, 3.8) is 0 Å². The molecule has 126 valence electrons. The lowest BCUT2D eigenvalue weighted by Crippen LogP contribution is -2.48. The summed E-state index contributed by atoms with van der Waals surface area (Å²) in [5.41, 5.74) is 1.93. The van der Waals surface area contributed by atoms with Gasteiger partial charge >= 0.3 is 0 Å². The van der Waals surface area contributed by atoms with E-state index < -0.39 is 0 Å². The van der Waals surface area contributed by atoms with Crippen LogP contribution in [0, 0.1) is 0 Å². The van der Waals surface area contributed by atoms with Crippen LogP contribution in [0.25, 0.3) is 0 Å². The van der Waals surface area contributed by atoms with Gasteiger partial charge in [-0.3, -0.25) is 9.69 Å². The molecule has 1 fully saturated rings. The smallest absolute Gasteiger partial charge is 0.257 e. The Morgan fingerprint density at radius 2 is 1.79 bits per heavy atom. The molecule has 0 spiro atoms. The summed E-state index contributed by atoms with van der Waals surface area (Å²) in [6.45, 7) is 4.18. The molecule has 0 atom stereocenters. The minimum Gasteiger partial charge on any atom is -0.496 e. The van der Waals surface area contributed by atoms with Crippen molar-refractivity contribution in [2.75, 3.05) is 33.3 Å². The Morgan fingerprint density at radius 3 is 2.46 bits per heavy atom. The van der Waals surface area contributed by atoms with Crippen LogP contribution >= 0.6 is 15.9 Å². The first-order valence-electron chi connectivity index (χ1n) is 8.06. The van der Waals surface area contributed by atoms with Gasteiger partial charge in [0, 0.05) is 37.2 Å². The van der Waals surface area contributed by atoms with Crippen molar-refractivity contribution in [3.8, 4) is 5.75 Å². The van der Waals surface area contributed by atoms with Crippen molar-refractivity contribution in [3.05, 3.63) is 64.1 Å². The quantitative estimate of drug-likeness (QED) is 0.804. The van der Waals surface area contributed by atoms with E-state index in [0.717, 1.165) is 37.2 Å². The molecule has 1 saturated heterocycles. The van der Waals surface area contributed by atoms with Crippen LogP contribution in [0.15, 0.2) is 53.0 Å². The van der Waals surface area contributed by atoms with E-state index in [1.807, 2.05) is 29.2 Å². The average molecular weight is 389 g/mol. The molecule has 5 heteroatoms. The van der Waals surface area contributed by atoms with Gasteiger partial charge in [-0.25, -0.2) is 0 Å². The SMILES string of the molecule is COc1ccc(Br)cc1C(=O)N1CCN(Cc2ccccc2)CC1. The third-order valence-corrected chi connectivity index (χ3v) is 4.79. The molecule has 0 N–H and O–H groups in total. The standard InChI is InChI=1S/C19H21BrN2O2/c1-24-18-8-7-16(20)13-17(18)19(23)22-11-9-21(10-12-22)14-15-5-3-2-4-6-15/h2-8,13H,9-12,14H2,1H3. The van der Waals surface area contributed by atoms with Gasteiger partial charge in [-0.15, -0.1) is 0 Å². The van der Waals surface area contributed by atoms with Crippen molar-refractivity contribution < 1.29 is 9.53 Å². The molecule has 1 aliphatic heterocycles. The first-order chi connectivity index (χ1) is 11.7. The zero-order valence-electron chi connectivity index (χ0n) is 13.7. The van der Waals surface area contributed by atoms with E-state index in [1.54, 1.807) is 7.11 Å². The maximum absolute atomic E-state index is 12.8. The number of benzene rings is 2. The first kappa shape index (κ1) is 17.0. The topological polar surface area (TPSA) is 32.8 Å². The van der Waals surface area contributed by atoms with Gasteiger partial charge in [0.15, 0.2) is 0 Å². The maximum Gasteiger partial charge on any atom is 0.257 e. The highest BCUT2D eigenvalue weighted by molar-refractivity contribution is 9.10. The molecule has 2 aromatic carbocycles. The molecule has 2 aromatic rings. The van der Waals surface area contributed by atoms with Crippen LogP contribution in [-0.2, 0) is 6.54 Å². The molecule has 0 aliphatic carbocycles. The molecule has 24 heavy (non-hydrogen) atoms. The number of methoxy groups -OCH3 is 1. The number of carbonyl (C=O) groups excluding carboxylic acids is 1. The molecule has 4 nitrogen and oxygen atoms in total. The fraction of sp³-hybridized carbons (Fsp3) is 0.316. The second-order valence-corrected chi connectivity index (χ2v) is 6.81. The Bertz CT molecular complexity index is 698. The van der Waals surface area contributed by atoms with Crippen LogP contribution in [0.3, 0.4) is 0 Å². The number of nitrogens with zero attached hydrogens (tertiary/aromatic N) is 2. The molecule has 1 amide bonds. The molecule has 3 rings (SSSR count). The van der Waals surface area contributed by atoms with Crippen molar-refractivity contribution in [1.82, 2.24) is 9.80 Å². The number of piperazine rings is 1. The van der Waals surface area contributed by atoms with Gasteiger partial charge in [-0.2, -0.15) is 0 Å². The lowest BCUT2D eigenvalue weighted by atomic mass is 10.1. The molecule has 0 unspecified atom stereocenters. The molecule has 0 saturated carbocycles. The molecule has 0 radical (unpaired) electrons. The van der Waals surface area contributed by atoms with Crippen LogP contribution in [0.4, 0.5) is 0 Å². The first-order valence-corrected chi connectivity index (χ1v) is 8.86. The number of amides is 1. The monoisotopic (exact) mass is 388 g/mol. The second-order valence-electron chi connectivity index (χ2n) is 5.90. The minimum absolute atomic E-state index is 0.0347. The van der Waals surface area contributed by atoms with E-state index in [1.165, 1.54) is 5.56 Å². The van der Waals surface area contributed by atoms with E-state index in [0.29, 0.717) is 11.3 Å². The summed E-state index contributed by atoms with van der Waals surface area (Å²) in [4.78, 5) is 17.1. The van der Waals surface area contributed by atoms with Crippen LogP contribution in [0.1, 0.15) is 15.9 Å². The summed E-state index contributed by atoms with van der Waals surface area (Å²) < 4.78 is 6.22. The van der Waals surface area contributed by atoms with Gasteiger partial charge in [-0.1, -0.05) is 46.3 Å². The Balaban J connectivity index is 1.62. The van der Waals surface area contributed by atoms with Gasteiger partial charge < -0.3 is 9.64 Å². The second kappa shape index (κ2) is 7.81. The molecule has 0 aromatic heterocycles. The van der Waals surface area contributed by atoms with E-state index in [4.69, 9.17) is 4.74 Å². The van der Waals surface area contributed by atoms with Crippen LogP contribution in [0.5, 0.6) is 5.75 Å². The van der Waals surface area contributed by atoms with Crippen LogP contribution < -0.4 is 4.74 Å². The third-order valence-electron chi connectivity index (χ3n) is 4.30. The van der Waals surface area contributed by atoms with Crippen molar-refractivity contribution in [2.24, 2.45) is 0 Å². The average Bonchev–Trinajstić information content (AvgIpc) is 2.62. The van der Waals surface area contributed by atoms with E-state index >= 15 is 0 Å². The summed E-state index contributed by atoms with van der Waals surface area (Å²) in [6, 6.07) is 16.0. The third kappa shape index (κ3) is 3.97. The Morgan fingerprint density at radius 1 is 1.08 bits per heavy atom. The predicted molar refractivity (Wildman–Crippen MR) is 98.3 cm³/mol. The summed E-state index contributed by atoms with van der Waals surface area (Å²) in [7, 11) is 1.60. The Kier molecular flexibility index (Phi) is 5.53. The Labute approximate surface area is 151 Å². The summed E-state index contributed by atoms with van der Waals surface area (Å²) in [5, 5.41) is 0. The van der Waals surface area contributed by atoms with Crippen LogP contribution in [-0.4, -0.2) is 49.0 Å². The maximum atomic E-state index is 12.8. The molecular weight excluding hydrogens is 368 g/mol. The molecule has 1 aliphatic rings. The van der Waals surface area contributed by atoms with Gasteiger partial charge in [0.05, 0.1) is 12.7 Å². The van der Waals surface area contributed by atoms with Crippen molar-refractivity contribution in [2.45, 2.75) is 6.54 Å². The number of ether oxygens (including phenoxy) is 1. The molecule has 0 bridgehead atoms. The number of rotatable bonds is 4. The zero-order chi connectivity index (χ0) is 16.9. The van der Waals surface area contributed by atoms with Gasteiger partial charge in [-0.05, 0) is 23.8 Å². The number of carbonyl (C=O) groups is 1. The number of halogens is 1. The lowest BCUT2D eigenvalue weighted by molar-refractivity contribution is 0.0625. The number of hydrogen-bond donors (Lipinski definition) is 0. The molecular formula is C19H21BrN2O2. The Hall–Kier alpha value is -1.85. The number of hydrogen-bond acceptors (Lipinski definition) is 3. The van der Waals surface area contributed by atoms with E-state index in [2.05, 4.69) is 45.1 Å². The summed E-state index contributed by atoms with van der Waals surface area (Å²) in [5.74, 6) is 0.655. The molecule has 1 heterocycles. The normalized spacial score (nSPS) is 15.3. The highest BCUT2D eigenvalue weighted by atomic mass is 79.9.